The first kappa shape index (κ1) is 16.1. The molecule has 0 unspecified atom stereocenters. The fraction of sp³-hybridized carbons (Fsp3) is 0.0667. The van der Waals surface area contributed by atoms with Crippen molar-refractivity contribution in [2.45, 2.75) is 6.92 Å². The fourth-order valence-electron chi connectivity index (χ4n) is 1.74. The van der Waals surface area contributed by atoms with Gasteiger partial charge in [0.2, 0.25) is 0 Å². The molecule has 0 aromatic heterocycles. The van der Waals surface area contributed by atoms with Crippen molar-refractivity contribution in [2.75, 3.05) is 0 Å². The van der Waals surface area contributed by atoms with Crippen molar-refractivity contribution in [3.05, 3.63) is 57.1 Å². The highest BCUT2D eigenvalue weighted by molar-refractivity contribution is 6.36. The van der Waals surface area contributed by atoms with Gasteiger partial charge >= 0.3 is 0 Å². The van der Waals surface area contributed by atoms with Crippen LogP contribution < -0.4 is 5.43 Å². The van der Waals surface area contributed by atoms with Crippen LogP contribution in [0.5, 0.6) is 11.5 Å². The predicted octanol–water partition coefficient (Wildman–Crippen LogP) is 3.48. The van der Waals surface area contributed by atoms with Crippen molar-refractivity contribution in [3.63, 3.8) is 0 Å². The molecule has 0 saturated heterocycles. The Hall–Kier alpha value is -2.24. The number of benzene rings is 2. The second-order valence-corrected chi connectivity index (χ2v) is 5.39. The van der Waals surface area contributed by atoms with Gasteiger partial charge in [0.25, 0.3) is 5.91 Å². The third kappa shape index (κ3) is 3.69. The van der Waals surface area contributed by atoms with Crippen LogP contribution in [0, 0.1) is 6.92 Å². The number of aromatic hydroxyl groups is 2. The van der Waals surface area contributed by atoms with Gasteiger partial charge in [0.1, 0.15) is 11.5 Å². The molecule has 0 heterocycles. The lowest BCUT2D eigenvalue weighted by Gasteiger charge is -2.04. The summed E-state index contributed by atoms with van der Waals surface area (Å²) in [4.78, 5) is 11.9. The van der Waals surface area contributed by atoms with Crippen LogP contribution in [0.1, 0.15) is 21.5 Å². The molecular formula is C15H12Cl2N2O3. The molecule has 0 fully saturated rings. The van der Waals surface area contributed by atoms with Crippen molar-refractivity contribution >= 4 is 35.3 Å². The molecule has 2 aromatic carbocycles. The van der Waals surface area contributed by atoms with E-state index in [4.69, 9.17) is 23.2 Å². The van der Waals surface area contributed by atoms with Crippen LogP contribution in [-0.2, 0) is 0 Å². The predicted molar refractivity (Wildman–Crippen MR) is 86.0 cm³/mol. The summed E-state index contributed by atoms with van der Waals surface area (Å²) in [5.74, 6) is -0.912. The SMILES string of the molecule is Cc1ccc(C(=O)N/N=C/c2cc(Cl)cc(Cl)c2O)c(O)c1. The number of hydrogen-bond acceptors (Lipinski definition) is 4. The first-order chi connectivity index (χ1) is 10.4. The van der Waals surface area contributed by atoms with Gasteiger partial charge in [-0.15, -0.1) is 0 Å². The van der Waals surface area contributed by atoms with Gasteiger partial charge in [-0.2, -0.15) is 5.10 Å². The maximum Gasteiger partial charge on any atom is 0.275 e. The van der Waals surface area contributed by atoms with Gasteiger partial charge in [-0.1, -0.05) is 29.3 Å². The third-order valence-electron chi connectivity index (χ3n) is 2.83. The monoisotopic (exact) mass is 338 g/mol. The highest BCUT2D eigenvalue weighted by Crippen LogP contribution is 2.29. The van der Waals surface area contributed by atoms with E-state index in [9.17, 15) is 15.0 Å². The van der Waals surface area contributed by atoms with E-state index in [0.717, 1.165) is 5.56 Å². The van der Waals surface area contributed by atoms with E-state index in [1.54, 1.807) is 13.0 Å². The Kier molecular flexibility index (Phi) is 4.90. The maximum absolute atomic E-state index is 11.9. The standard InChI is InChI=1S/C15H12Cl2N2O3/c1-8-2-3-11(13(20)4-8)15(22)19-18-7-9-5-10(16)6-12(17)14(9)21/h2-7,20-21H,1H3,(H,19,22)/b18-7+. The van der Waals surface area contributed by atoms with E-state index >= 15 is 0 Å². The largest absolute Gasteiger partial charge is 0.507 e. The summed E-state index contributed by atoms with van der Waals surface area (Å²) >= 11 is 11.6. The summed E-state index contributed by atoms with van der Waals surface area (Å²) in [6, 6.07) is 7.49. The average Bonchev–Trinajstić information content (AvgIpc) is 2.43. The minimum atomic E-state index is -0.582. The number of hydrogen-bond donors (Lipinski definition) is 3. The number of nitrogens with one attached hydrogen (secondary N) is 1. The zero-order chi connectivity index (χ0) is 16.3. The highest BCUT2D eigenvalue weighted by Gasteiger charge is 2.10. The van der Waals surface area contributed by atoms with Crippen molar-refractivity contribution in [1.29, 1.82) is 0 Å². The smallest absolute Gasteiger partial charge is 0.275 e. The number of hydrazone groups is 1. The Morgan fingerprint density at radius 2 is 1.95 bits per heavy atom. The van der Waals surface area contributed by atoms with Crippen molar-refractivity contribution in [3.8, 4) is 11.5 Å². The van der Waals surface area contributed by atoms with E-state index in [1.165, 1.54) is 30.5 Å². The molecule has 5 nitrogen and oxygen atoms in total. The molecule has 3 N–H and O–H groups in total. The minimum Gasteiger partial charge on any atom is -0.507 e. The Morgan fingerprint density at radius 1 is 1.23 bits per heavy atom. The van der Waals surface area contributed by atoms with Crippen molar-refractivity contribution < 1.29 is 15.0 Å². The summed E-state index contributed by atoms with van der Waals surface area (Å²) in [5.41, 5.74) is 3.43. The van der Waals surface area contributed by atoms with Crippen LogP contribution in [0.3, 0.4) is 0 Å². The van der Waals surface area contributed by atoms with Gasteiger partial charge in [-0.3, -0.25) is 4.79 Å². The number of rotatable bonds is 3. The van der Waals surface area contributed by atoms with Crippen LogP contribution in [0.15, 0.2) is 35.4 Å². The fourth-order valence-corrected chi connectivity index (χ4v) is 2.25. The first-order valence-corrected chi connectivity index (χ1v) is 6.95. The van der Waals surface area contributed by atoms with Gasteiger partial charge in [0, 0.05) is 10.6 Å². The van der Waals surface area contributed by atoms with Crippen LogP contribution in [0.4, 0.5) is 0 Å². The number of halogens is 2. The van der Waals surface area contributed by atoms with Crippen molar-refractivity contribution in [2.24, 2.45) is 5.10 Å². The number of carbonyl (C=O) groups is 1. The summed E-state index contributed by atoms with van der Waals surface area (Å²) in [6.07, 6.45) is 1.20. The van der Waals surface area contributed by atoms with Crippen LogP contribution in [0.25, 0.3) is 0 Å². The number of nitrogens with zero attached hydrogens (tertiary/aromatic N) is 1. The second-order valence-electron chi connectivity index (χ2n) is 4.55. The van der Waals surface area contributed by atoms with E-state index in [0.29, 0.717) is 5.02 Å². The lowest BCUT2D eigenvalue weighted by Crippen LogP contribution is -2.17. The van der Waals surface area contributed by atoms with E-state index in [1.807, 2.05) is 0 Å². The Bertz CT molecular complexity index is 761. The molecule has 0 aliphatic rings. The number of phenolic OH excluding ortho intramolecular Hbond substituents is 2. The number of phenols is 2. The molecule has 114 valence electrons. The summed E-state index contributed by atoms with van der Waals surface area (Å²) in [6.45, 7) is 1.80. The normalized spacial score (nSPS) is 10.9. The molecule has 22 heavy (non-hydrogen) atoms. The molecule has 0 atom stereocenters. The average molecular weight is 339 g/mol. The van der Waals surface area contributed by atoms with Gasteiger partial charge < -0.3 is 10.2 Å². The maximum atomic E-state index is 11.9. The number of aryl methyl sites for hydroxylation is 1. The molecular weight excluding hydrogens is 327 g/mol. The molecule has 0 bridgehead atoms. The van der Waals surface area contributed by atoms with Crippen LogP contribution >= 0.6 is 23.2 Å². The molecule has 2 aromatic rings. The zero-order valence-electron chi connectivity index (χ0n) is 11.5. The van der Waals surface area contributed by atoms with Crippen LogP contribution in [-0.4, -0.2) is 22.3 Å². The lowest BCUT2D eigenvalue weighted by molar-refractivity contribution is 0.0952. The number of amides is 1. The molecule has 0 aliphatic carbocycles. The van der Waals surface area contributed by atoms with E-state index < -0.39 is 5.91 Å². The Morgan fingerprint density at radius 3 is 2.64 bits per heavy atom. The first-order valence-electron chi connectivity index (χ1n) is 6.19. The van der Waals surface area contributed by atoms with Crippen molar-refractivity contribution in [1.82, 2.24) is 5.43 Å². The Balaban J connectivity index is 2.14. The van der Waals surface area contributed by atoms with E-state index in [2.05, 4.69) is 10.5 Å². The van der Waals surface area contributed by atoms with Gasteiger partial charge in [0.15, 0.2) is 0 Å². The summed E-state index contributed by atoms with van der Waals surface area (Å²) in [7, 11) is 0. The lowest BCUT2D eigenvalue weighted by atomic mass is 10.1. The molecule has 0 aliphatic heterocycles. The van der Waals surface area contributed by atoms with Gasteiger partial charge in [-0.05, 0) is 36.8 Å². The molecule has 0 radical (unpaired) electrons. The molecule has 0 spiro atoms. The second kappa shape index (κ2) is 6.68. The highest BCUT2D eigenvalue weighted by atomic mass is 35.5. The van der Waals surface area contributed by atoms with E-state index in [-0.39, 0.29) is 27.6 Å². The minimum absolute atomic E-state index is 0.0801. The molecule has 1 amide bonds. The third-order valence-corrected chi connectivity index (χ3v) is 3.33. The summed E-state index contributed by atoms with van der Waals surface area (Å²) in [5, 5.41) is 23.6. The summed E-state index contributed by atoms with van der Waals surface area (Å²) < 4.78 is 0. The molecule has 2 rings (SSSR count). The Labute approximate surface area is 136 Å². The zero-order valence-corrected chi connectivity index (χ0v) is 13.0. The topological polar surface area (TPSA) is 81.9 Å². The quantitative estimate of drug-likeness (QED) is 0.591. The van der Waals surface area contributed by atoms with Gasteiger partial charge in [0.05, 0.1) is 16.8 Å². The van der Waals surface area contributed by atoms with Gasteiger partial charge in [-0.25, -0.2) is 5.43 Å². The van der Waals surface area contributed by atoms with Crippen LogP contribution in [0.2, 0.25) is 10.0 Å². The molecule has 7 heteroatoms. The number of carbonyl (C=O) groups excluding carboxylic acids is 1. The molecule has 0 saturated carbocycles.